The maximum atomic E-state index is 13.0. The zero-order valence-electron chi connectivity index (χ0n) is 12.4. The largest absolute Gasteiger partial charge is 0.416 e. The maximum Gasteiger partial charge on any atom is 0.416 e. The molecule has 116 valence electrons. The third-order valence-electron chi connectivity index (χ3n) is 4.74. The van der Waals surface area contributed by atoms with Gasteiger partial charge in [-0.05, 0) is 43.5 Å². The van der Waals surface area contributed by atoms with Crippen molar-refractivity contribution in [3.63, 3.8) is 0 Å². The average Bonchev–Trinajstić information content (AvgIpc) is 2.83. The summed E-state index contributed by atoms with van der Waals surface area (Å²) in [6.07, 6.45) is -4.26. The van der Waals surface area contributed by atoms with E-state index in [1.54, 1.807) is 12.1 Å². The monoisotopic (exact) mass is 298 g/mol. The van der Waals surface area contributed by atoms with E-state index < -0.39 is 11.7 Å². The smallest absolute Gasteiger partial charge is 0.309 e. The lowest BCUT2D eigenvalue weighted by Gasteiger charge is -2.22. The van der Waals surface area contributed by atoms with Gasteiger partial charge in [-0.25, -0.2) is 0 Å². The number of hydrogen-bond acceptors (Lipinski definition) is 2. The van der Waals surface area contributed by atoms with Gasteiger partial charge in [0.25, 0.3) is 0 Å². The van der Waals surface area contributed by atoms with E-state index in [2.05, 4.69) is 23.9 Å². The van der Waals surface area contributed by atoms with E-state index in [0.29, 0.717) is 23.9 Å². The fraction of sp³-hybridized carbons (Fsp3) is 0.625. The van der Waals surface area contributed by atoms with E-state index >= 15 is 0 Å². The normalized spacial score (nSPS) is 29.0. The Labute approximate surface area is 123 Å². The van der Waals surface area contributed by atoms with Gasteiger partial charge < -0.3 is 4.90 Å². The first-order chi connectivity index (χ1) is 9.86. The first-order valence-electron chi connectivity index (χ1n) is 7.38. The lowest BCUT2D eigenvalue weighted by atomic mass is 10.1. The zero-order valence-corrected chi connectivity index (χ0v) is 12.4. The lowest BCUT2D eigenvalue weighted by molar-refractivity contribution is -0.138. The molecular formula is C16H21F3N2. The molecule has 0 radical (unpaired) electrons. The molecule has 2 fully saturated rings. The quantitative estimate of drug-likeness (QED) is 0.843. The van der Waals surface area contributed by atoms with Crippen LogP contribution in [-0.2, 0) is 12.7 Å². The average molecular weight is 298 g/mol. The van der Waals surface area contributed by atoms with Crippen molar-refractivity contribution in [2.75, 3.05) is 33.7 Å². The Morgan fingerprint density at radius 2 is 1.76 bits per heavy atom. The van der Waals surface area contributed by atoms with Crippen molar-refractivity contribution < 1.29 is 13.2 Å². The van der Waals surface area contributed by atoms with Crippen LogP contribution in [0.25, 0.3) is 0 Å². The highest BCUT2D eigenvalue weighted by molar-refractivity contribution is 5.30. The van der Waals surface area contributed by atoms with Gasteiger partial charge in [0.15, 0.2) is 0 Å². The van der Waals surface area contributed by atoms with Gasteiger partial charge in [-0.15, -0.1) is 0 Å². The summed E-state index contributed by atoms with van der Waals surface area (Å²) in [6.45, 7) is 3.39. The molecule has 0 spiro atoms. The van der Waals surface area contributed by atoms with E-state index in [1.165, 1.54) is 12.1 Å². The third kappa shape index (κ3) is 3.09. The predicted molar refractivity (Wildman–Crippen MR) is 75.7 cm³/mol. The molecule has 0 aromatic heterocycles. The van der Waals surface area contributed by atoms with Crippen LogP contribution in [0.3, 0.4) is 0 Å². The number of piperidine rings is 1. The predicted octanol–water partition coefficient (Wildman–Crippen LogP) is 2.94. The lowest BCUT2D eigenvalue weighted by Crippen LogP contribution is -2.28. The van der Waals surface area contributed by atoms with E-state index in [0.717, 1.165) is 25.6 Å². The minimum absolute atomic E-state index is 0.399. The van der Waals surface area contributed by atoms with Gasteiger partial charge in [0.05, 0.1) is 5.56 Å². The van der Waals surface area contributed by atoms with Crippen LogP contribution in [0.4, 0.5) is 13.2 Å². The third-order valence-corrected chi connectivity index (χ3v) is 4.74. The van der Waals surface area contributed by atoms with Crippen molar-refractivity contribution in [1.29, 1.82) is 0 Å². The summed E-state index contributed by atoms with van der Waals surface area (Å²) >= 11 is 0. The molecule has 2 nitrogen and oxygen atoms in total. The van der Waals surface area contributed by atoms with Gasteiger partial charge in [0.1, 0.15) is 0 Å². The van der Waals surface area contributed by atoms with Gasteiger partial charge in [-0.1, -0.05) is 18.2 Å². The highest BCUT2D eigenvalue weighted by Gasteiger charge is 2.55. The van der Waals surface area contributed by atoms with E-state index in [4.69, 9.17) is 0 Å². The molecule has 0 amide bonds. The number of halogens is 3. The number of fused-ring (bicyclic) bond motifs is 1. The standard InChI is InChI=1S/C16H21F3N2/c1-20(2)8-12-13-9-21(10-14(12)13)7-11-5-3-4-6-15(11)16(17,18)19/h3-6,12-14H,7-10H2,1-2H3/t12?,13-,14+. The highest BCUT2D eigenvalue weighted by atomic mass is 19.4. The van der Waals surface area contributed by atoms with Crippen LogP contribution < -0.4 is 0 Å². The van der Waals surface area contributed by atoms with E-state index in [-0.39, 0.29) is 0 Å². The summed E-state index contributed by atoms with van der Waals surface area (Å²) in [5, 5.41) is 0. The number of benzene rings is 1. The number of nitrogens with zero attached hydrogens (tertiary/aromatic N) is 2. The first kappa shape index (κ1) is 14.9. The van der Waals surface area contributed by atoms with Gasteiger partial charge in [0.2, 0.25) is 0 Å². The van der Waals surface area contributed by atoms with Crippen molar-refractivity contribution >= 4 is 0 Å². The number of likely N-dealkylation sites (tertiary alicyclic amines) is 1. The summed E-state index contributed by atoms with van der Waals surface area (Å²) in [4.78, 5) is 4.37. The van der Waals surface area contributed by atoms with Crippen molar-refractivity contribution in [2.24, 2.45) is 17.8 Å². The number of hydrogen-bond donors (Lipinski definition) is 0. The van der Waals surface area contributed by atoms with E-state index in [9.17, 15) is 13.2 Å². The van der Waals surface area contributed by atoms with Crippen molar-refractivity contribution in [3.05, 3.63) is 35.4 Å². The van der Waals surface area contributed by atoms with Crippen LogP contribution in [0.1, 0.15) is 11.1 Å². The second kappa shape index (κ2) is 5.29. The molecule has 0 N–H and O–H groups in total. The topological polar surface area (TPSA) is 6.48 Å². The Balaban J connectivity index is 1.61. The molecule has 1 saturated carbocycles. The molecule has 3 atom stereocenters. The van der Waals surface area contributed by atoms with Gasteiger partial charge in [0, 0.05) is 26.2 Å². The first-order valence-corrected chi connectivity index (χ1v) is 7.38. The second-order valence-corrected chi connectivity index (χ2v) is 6.60. The van der Waals surface area contributed by atoms with Crippen molar-refractivity contribution in [1.82, 2.24) is 9.80 Å². The zero-order chi connectivity index (χ0) is 15.2. The Morgan fingerprint density at radius 1 is 1.14 bits per heavy atom. The molecular weight excluding hydrogens is 277 g/mol. The summed E-state index contributed by atoms with van der Waals surface area (Å²) < 4.78 is 39.0. The van der Waals surface area contributed by atoms with Crippen molar-refractivity contribution in [2.45, 2.75) is 12.7 Å². The molecule has 1 aliphatic carbocycles. The Hall–Kier alpha value is -1.07. The molecule has 1 heterocycles. The van der Waals surface area contributed by atoms with Crippen LogP contribution in [0, 0.1) is 17.8 Å². The fourth-order valence-electron chi connectivity index (χ4n) is 3.73. The molecule has 0 bridgehead atoms. The molecule has 21 heavy (non-hydrogen) atoms. The van der Waals surface area contributed by atoms with Gasteiger partial charge >= 0.3 is 6.18 Å². The molecule has 3 rings (SSSR count). The number of rotatable bonds is 4. The molecule has 1 saturated heterocycles. The van der Waals surface area contributed by atoms with Gasteiger partial charge in [-0.3, -0.25) is 4.90 Å². The van der Waals surface area contributed by atoms with E-state index in [1.807, 2.05) is 0 Å². The highest BCUT2D eigenvalue weighted by Crippen LogP contribution is 2.52. The van der Waals surface area contributed by atoms with Gasteiger partial charge in [-0.2, -0.15) is 13.2 Å². The molecule has 1 aliphatic heterocycles. The van der Waals surface area contributed by atoms with Crippen molar-refractivity contribution in [3.8, 4) is 0 Å². The molecule has 1 unspecified atom stereocenters. The summed E-state index contributed by atoms with van der Waals surface area (Å²) in [7, 11) is 4.15. The summed E-state index contributed by atoms with van der Waals surface area (Å²) in [5.41, 5.74) is -0.0918. The molecule has 5 heteroatoms. The minimum Gasteiger partial charge on any atom is -0.309 e. The molecule has 1 aromatic carbocycles. The Bertz CT molecular complexity index is 500. The molecule has 1 aromatic rings. The van der Waals surface area contributed by atoms with Crippen LogP contribution in [0.2, 0.25) is 0 Å². The Kier molecular flexibility index (Phi) is 3.74. The molecule has 2 aliphatic rings. The fourth-order valence-corrected chi connectivity index (χ4v) is 3.73. The second-order valence-electron chi connectivity index (χ2n) is 6.60. The SMILES string of the molecule is CN(C)CC1[C@H]2CN(Cc3ccccc3C(F)(F)F)C[C@@H]12. The number of alkyl halides is 3. The van der Waals surface area contributed by atoms with Crippen LogP contribution in [-0.4, -0.2) is 43.5 Å². The summed E-state index contributed by atoms with van der Waals surface area (Å²) in [6, 6.07) is 5.93. The summed E-state index contributed by atoms with van der Waals surface area (Å²) in [5.74, 6) is 2.12. The van der Waals surface area contributed by atoms with Crippen LogP contribution >= 0.6 is 0 Å². The van der Waals surface area contributed by atoms with Crippen LogP contribution in [0.15, 0.2) is 24.3 Å². The minimum atomic E-state index is -4.26. The maximum absolute atomic E-state index is 13.0. The Morgan fingerprint density at radius 3 is 2.33 bits per heavy atom. The van der Waals surface area contributed by atoms with Crippen LogP contribution in [0.5, 0.6) is 0 Å².